The van der Waals surface area contributed by atoms with E-state index >= 15 is 0 Å². The molecule has 1 atom stereocenters. The topological polar surface area (TPSA) is 122 Å². The number of furan rings is 1. The second-order valence-corrected chi connectivity index (χ2v) is 8.23. The van der Waals surface area contributed by atoms with Crippen LogP contribution in [-0.4, -0.2) is 50.6 Å². The summed E-state index contributed by atoms with van der Waals surface area (Å²) in [7, 11) is 2.75. The SMILES string of the molecule is C=Cc1cc2c(C(=O)NC)c(-c3ccc(F)cc3)oc2nc1CN(CCCC(=O)OC)S(=O)O. The van der Waals surface area contributed by atoms with Gasteiger partial charge in [0.15, 0.2) is 0 Å². The molecule has 0 spiro atoms. The molecule has 3 rings (SSSR count). The van der Waals surface area contributed by atoms with Gasteiger partial charge in [0.25, 0.3) is 5.91 Å². The van der Waals surface area contributed by atoms with Crippen molar-refractivity contribution in [3.05, 3.63) is 59.5 Å². The van der Waals surface area contributed by atoms with Crippen molar-refractivity contribution in [2.45, 2.75) is 19.4 Å². The van der Waals surface area contributed by atoms with Crippen molar-refractivity contribution in [1.82, 2.24) is 14.6 Å². The quantitative estimate of drug-likeness (QED) is 0.330. The Morgan fingerprint density at radius 2 is 2.06 bits per heavy atom. The van der Waals surface area contributed by atoms with Crippen LogP contribution in [0.25, 0.3) is 28.5 Å². The van der Waals surface area contributed by atoms with E-state index in [1.165, 1.54) is 48.8 Å². The number of aromatic nitrogens is 1. The lowest BCUT2D eigenvalue weighted by Crippen LogP contribution is -2.27. The number of halogens is 1. The first kappa shape index (κ1) is 25.2. The number of rotatable bonds is 10. The van der Waals surface area contributed by atoms with Gasteiger partial charge in [-0.25, -0.2) is 13.6 Å². The molecule has 0 aliphatic rings. The third-order valence-electron chi connectivity index (χ3n) is 5.14. The molecule has 1 amide bonds. The smallest absolute Gasteiger partial charge is 0.305 e. The van der Waals surface area contributed by atoms with Crippen molar-refractivity contribution >= 4 is 40.3 Å². The number of carbonyl (C=O) groups excluding carboxylic acids is 2. The number of ether oxygens (including phenoxy) is 1. The number of hydrogen-bond acceptors (Lipinski definition) is 6. The maximum Gasteiger partial charge on any atom is 0.305 e. The predicted octanol–water partition coefficient (Wildman–Crippen LogP) is 3.53. The zero-order chi connectivity index (χ0) is 24.8. The van der Waals surface area contributed by atoms with Gasteiger partial charge in [-0.2, -0.15) is 4.31 Å². The molecule has 34 heavy (non-hydrogen) atoms. The van der Waals surface area contributed by atoms with E-state index in [0.29, 0.717) is 28.6 Å². The summed E-state index contributed by atoms with van der Waals surface area (Å²) in [6, 6.07) is 7.16. The standard InChI is InChI=1S/C23H24FN3O6S/c1-4-14-12-17-20(22(29)25-2)21(15-7-9-16(24)10-8-15)33-23(17)26-18(14)13-27(34(30)31)11-5-6-19(28)32-3/h4,7-10,12H,1,5-6,11,13H2,2-3H3,(H,25,29)(H,30,31). The summed E-state index contributed by atoms with van der Waals surface area (Å²) in [6.07, 6.45) is 1.92. The van der Waals surface area contributed by atoms with Crippen molar-refractivity contribution in [1.29, 1.82) is 0 Å². The third kappa shape index (κ3) is 5.56. The highest BCUT2D eigenvalue weighted by atomic mass is 32.2. The second kappa shape index (κ2) is 11.1. The average molecular weight is 490 g/mol. The number of nitrogens with one attached hydrogen (secondary N) is 1. The summed E-state index contributed by atoms with van der Waals surface area (Å²) in [5.41, 5.74) is 1.78. The summed E-state index contributed by atoms with van der Waals surface area (Å²) in [6.45, 7) is 3.88. The summed E-state index contributed by atoms with van der Waals surface area (Å²) in [5, 5.41) is 2.99. The molecule has 1 aromatic carbocycles. The zero-order valence-electron chi connectivity index (χ0n) is 18.7. The van der Waals surface area contributed by atoms with Crippen molar-refractivity contribution in [3.63, 3.8) is 0 Å². The van der Waals surface area contributed by atoms with Crippen LogP contribution in [0.15, 0.2) is 41.3 Å². The van der Waals surface area contributed by atoms with Crippen molar-refractivity contribution in [2.24, 2.45) is 0 Å². The normalized spacial score (nSPS) is 12.0. The van der Waals surface area contributed by atoms with E-state index in [-0.39, 0.29) is 36.5 Å². The predicted molar refractivity (Wildman–Crippen MR) is 125 cm³/mol. The Hall–Kier alpha value is -3.41. The molecular weight excluding hydrogens is 465 g/mol. The fraction of sp³-hybridized carbons (Fsp3) is 0.261. The van der Waals surface area contributed by atoms with Crippen molar-refractivity contribution in [3.8, 4) is 11.3 Å². The van der Waals surface area contributed by atoms with Gasteiger partial charge in [-0.05, 0) is 42.3 Å². The fourth-order valence-electron chi connectivity index (χ4n) is 3.41. The van der Waals surface area contributed by atoms with E-state index in [1.807, 2.05) is 0 Å². The number of carbonyl (C=O) groups is 2. The lowest BCUT2D eigenvalue weighted by Gasteiger charge is -2.18. The third-order valence-corrected chi connectivity index (χ3v) is 5.89. The Morgan fingerprint density at radius 3 is 2.65 bits per heavy atom. The van der Waals surface area contributed by atoms with E-state index in [4.69, 9.17) is 4.42 Å². The molecule has 0 bridgehead atoms. The van der Waals surface area contributed by atoms with Crippen LogP contribution in [-0.2, 0) is 27.3 Å². The molecule has 3 aromatic rings. The summed E-state index contributed by atoms with van der Waals surface area (Å²) in [5.74, 6) is -1.04. The number of nitrogens with zero attached hydrogens (tertiary/aromatic N) is 2. The molecule has 11 heteroatoms. The van der Waals surface area contributed by atoms with Crippen LogP contribution >= 0.6 is 0 Å². The zero-order valence-corrected chi connectivity index (χ0v) is 19.5. The number of esters is 1. The Balaban J connectivity index is 2.04. The minimum Gasteiger partial charge on any atom is -0.469 e. The van der Waals surface area contributed by atoms with Crippen LogP contribution in [0.2, 0.25) is 0 Å². The maximum atomic E-state index is 13.4. The van der Waals surface area contributed by atoms with Crippen LogP contribution in [0.3, 0.4) is 0 Å². The van der Waals surface area contributed by atoms with E-state index in [9.17, 15) is 22.7 Å². The van der Waals surface area contributed by atoms with Gasteiger partial charge in [0.2, 0.25) is 17.0 Å². The van der Waals surface area contributed by atoms with E-state index in [2.05, 4.69) is 21.6 Å². The van der Waals surface area contributed by atoms with Crippen LogP contribution in [0.4, 0.5) is 4.39 Å². The first-order chi connectivity index (χ1) is 16.3. The molecule has 2 heterocycles. The largest absolute Gasteiger partial charge is 0.469 e. The highest BCUT2D eigenvalue weighted by Gasteiger charge is 2.24. The molecule has 180 valence electrons. The minimum absolute atomic E-state index is 0.0382. The van der Waals surface area contributed by atoms with Crippen molar-refractivity contribution in [2.75, 3.05) is 20.7 Å². The number of pyridine rings is 1. The Labute approximate surface area is 198 Å². The summed E-state index contributed by atoms with van der Waals surface area (Å²) < 4.78 is 46.7. The second-order valence-electron chi connectivity index (χ2n) is 7.25. The van der Waals surface area contributed by atoms with Gasteiger partial charge >= 0.3 is 5.97 Å². The first-order valence-corrected chi connectivity index (χ1v) is 11.3. The highest BCUT2D eigenvalue weighted by Crippen LogP contribution is 2.34. The minimum atomic E-state index is -2.33. The Bertz CT molecular complexity index is 1240. The Kier molecular flexibility index (Phi) is 8.26. The van der Waals surface area contributed by atoms with E-state index < -0.39 is 29.0 Å². The lowest BCUT2D eigenvalue weighted by atomic mass is 10.0. The van der Waals surface area contributed by atoms with Gasteiger partial charge in [0, 0.05) is 25.6 Å². The number of amides is 1. The maximum absolute atomic E-state index is 13.4. The average Bonchev–Trinajstić information content (AvgIpc) is 3.20. The monoisotopic (exact) mass is 489 g/mol. The van der Waals surface area contributed by atoms with E-state index in [1.54, 1.807) is 6.07 Å². The van der Waals surface area contributed by atoms with Gasteiger partial charge in [0.05, 0.1) is 30.3 Å². The number of hydrogen-bond donors (Lipinski definition) is 2. The molecule has 9 nitrogen and oxygen atoms in total. The number of fused-ring (bicyclic) bond motifs is 1. The molecule has 0 aliphatic heterocycles. The van der Waals surface area contributed by atoms with Crippen LogP contribution in [0.5, 0.6) is 0 Å². The van der Waals surface area contributed by atoms with Crippen LogP contribution in [0.1, 0.15) is 34.5 Å². The molecule has 0 radical (unpaired) electrons. The lowest BCUT2D eigenvalue weighted by molar-refractivity contribution is -0.140. The summed E-state index contributed by atoms with van der Waals surface area (Å²) >= 11 is -2.33. The van der Waals surface area contributed by atoms with Gasteiger partial charge in [-0.1, -0.05) is 12.7 Å². The van der Waals surface area contributed by atoms with E-state index in [0.717, 1.165) is 0 Å². The van der Waals surface area contributed by atoms with Gasteiger partial charge < -0.3 is 14.5 Å². The van der Waals surface area contributed by atoms with Gasteiger partial charge in [-0.3, -0.25) is 14.1 Å². The molecule has 2 aromatic heterocycles. The van der Waals surface area contributed by atoms with Crippen molar-refractivity contribution < 1.29 is 31.9 Å². The number of methoxy groups -OCH3 is 1. The molecule has 0 saturated carbocycles. The first-order valence-electron chi connectivity index (χ1n) is 10.3. The molecule has 0 saturated heterocycles. The van der Waals surface area contributed by atoms with Crippen LogP contribution < -0.4 is 5.32 Å². The molecular formula is C23H24FN3O6S. The van der Waals surface area contributed by atoms with Crippen LogP contribution in [0, 0.1) is 5.82 Å². The molecule has 2 N–H and O–H groups in total. The summed E-state index contributed by atoms with van der Waals surface area (Å²) in [4.78, 5) is 28.5. The van der Waals surface area contributed by atoms with Gasteiger partial charge in [0.1, 0.15) is 11.6 Å². The molecule has 0 fully saturated rings. The number of benzene rings is 1. The molecule has 0 aliphatic carbocycles. The highest BCUT2D eigenvalue weighted by molar-refractivity contribution is 7.76. The Morgan fingerprint density at radius 1 is 1.35 bits per heavy atom. The van der Waals surface area contributed by atoms with Gasteiger partial charge in [-0.15, -0.1) is 0 Å². The molecule has 1 unspecified atom stereocenters. The fourth-order valence-corrected chi connectivity index (χ4v) is 3.93.